The zero-order valence-corrected chi connectivity index (χ0v) is 23.7. The highest BCUT2D eigenvalue weighted by Crippen LogP contribution is 2.33. The molecular formula is C30H33F3N6O3. The fourth-order valence-electron chi connectivity index (χ4n) is 5.47. The SMILES string of the molecule is COCCN1C[C@@H](NC(=O)Nc2c(C)c(-c3ccc(=O)n(C)c3)nn2C2=CCCC=C2)[C@H](c2cc(F)c(F)c(F)c2)C1. The maximum atomic E-state index is 14.1. The summed E-state index contributed by atoms with van der Waals surface area (Å²) >= 11 is 0. The molecule has 0 bridgehead atoms. The number of carbonyl (C=O) groups is 1. The molecule has 5 rings (SSSR count). The van der Waals surface area contributed by atoms with E-state index in [0.717, 1.165) is 30.7 Å². The van der Waals surface area contributed by atoms with Gasteiger partial charge in [-0.2, -0.15) is 5.10 Å². The molecule has 0 spiro atoms. The summed E-state index contributed by atoms with van der Waals surface area (Å²) in [4.78, 5) is 27.5. The van der Waals surface area contributed by atoms with E-state index in [-0.39, 0.29) is 11.1 Å². The van der Waals surface area contributed by atoms with Crippen LogP contribution in [-0.4, -0.2) is 64.7 Å². The summed E-state index contributed by atoms with van der Waals surface area (Å²) < 4.78 is 50.3. The molecule has 1 aromatic carbocycles. The molecule has 3 heterocycles. The van der Waals surface area contributed by atoms with Gasteiger partial charge in [-0.3, -0.25) is 15.0 Å². The number of nitrogens with zero attached hydrogens (tertiary/aromatic N) is 4. The first kappa shape index (κ1) is 29.3. The average Bonchev–Trinajstić information content (AvgIpc) is 3.52. The Kier molecular flexibility index (Phi) is 8.64. The van der Waals surface area contributed by atoms with Crippen LogP contribution in [0, 0.1) is 24.4 Å². The Balaban J connectivity index is 1.44. The number of urea groups is 1. The zero-order valence-electron chi connectivity index (χ0n) is 23.7. The first-order valence-electron chi connectivity index (χ1n) is 13.7. The van der Waals surface area contributed by atoms with Gasteiger partial charge in [-0.05, 0) is 49.6 Å². The lowest BCUT2D eigenvalue weighted by Gasteiger charge is -2.21. The molecule has 3 aromatic rings. The highest BCUT2D eigenvalue weighted by Gasteiger charge is 2.36. The molecule has 42 heavy (non-hydrogen) atoms. The van der Waals surface area contributed by atoms with Crippen molar-refractivity contribution in [1.82, 2.24) is 24.6 Å². The maximum Gasteiger partial charge on any atom is 0.320 e. The molecule has 222 valence electrons. The standard InChI is InChI=1S/C30H33F3N6O3/c1-18-28(19-9-10-26(40)37(2)15-19)36-39(21-7-5-4-6-8-21)29(18)35-30(41)34-25-17-38(11-12-42-3)16-22(25)20-13-23(31)27(33)24(32)14-20/h5,7-10,13-15,22,25H,4,6,11-12,16-17H2,1-3H3,(H2,34,35,41)/t22-,25+/m0/s1. The molecule has 1 aliphatic carbocycles. The minimum Gasteiger partial charge on any atom is -0.383 e. The van der Waals surface area contributed by atoms with Crippen LogP contribution in [0.25, 0.3) is 17.0 Å². The fraction of sp³-hybridized carbons (Fsp3) is 0.367. The van der Waals surface area contributed by atoms with Gasteiger partial charge in [-0.25, -0.2) is 22.6 Å². The summed E-state index contributed by atoms with van der Waals surface area (Å²) in [5, 5.41) is 10.7. The number of rotatable bonds is 8. The summed E-state index contributed by atoms with van der Waals surface area (Å²) in [6.45, 7) is 3.62. The summed E-state index contributed by atoms with van der Waals surface area (Å²) in [6, 6.07) is 4.06. The number of aromatic nitrogens is 3. The van der Waals surface area contributed by atoms with Crippen LogP contribution >= 0.6 is 0 Å². The number of aryl methyl sites for hydroxylation is 1. The van der Waals surface area contributed by atoms with Gasteiger partial charge in [-0.15, -0.1) is 0 Å². The third-order valence-electron chi connectivity index (χ3n) is 7.69. The van der Waals surface area contributed by atoms with Gasteiger partial charge in [0.15, 0.2) is 17.5 Å². The number of likely N-dealkylation sites (tertiary alicyclic amines) is 1. The molecule has 0 unspecified atom stereocenters. The number of carbonyl (C=O) groups excluding carboxylic acids is 1. The molecule has 0 radical (unpaired) electrons. The second kappa shape index (κ2) is 12.4. The molecule has 1 fully saturated rings. The van der Waals surface area contributed by atoms with Crippen molar-refractivity contribution < 1.29 is 22.7 Å². The van der Waals surface area contributed by atoms with E-state index in [9.17, 15) is 22.8 Å². The third-order valence-corrected chi connectivity index (χ3v) is 7.69. The van der Waals surface area contributed by atoms with Crippen LogP contribution in [0.3, 0.4) is 0 Å². The lowest BCUT2D eigenvalue weighted by Crippen LogP contribution is -2.42. The van der Waals surface area contributed by atoms with Crippen molar-refractivity contribution in [3.63, 3.8) is 0 Å². The first-order valence-corrected chi connectivity index (χ1v) is 13.7. The number of amides is 2. The second-order valence-corrected chi connectivity index (χ2v) is 10.6. The second-order valence-electron chi connectivity index (χ2n) is 10.6. The minimum atomic E-state index is -1.53. The molecule has 2 atom stereocenters. The number of anilines is 1. The van der Waals surface area contributed by atoms with Crippen LogP contribution in [0.1, 0.15) is 29.9 Å². The predicted octanol–water partition coefficient (Wildman–Crippen LogP) is 4.40. The van der Waals surface area contributed by atoms with E-state index in [2.05, 4.69) is 10.6 Å². The molecule has 12 heteroatoms. The largest absolute Gasteiger partial charge is 0.383 e. The fourth-order valence-corrected chi connectivity index (χ4v) is 5.47. The smallest absolute Gasteiger partial charge is 0.320 e. The zero-order chi connectivity index (χ0) is 30.0. The Labute approximate surface area is 241 Å². The molecule has 2 aromatic heterocycles. The van der Waals surface area contributed by atoms with Crippen LogP contribution < -0.4 is 16.2 Å². The van der Waals surface area contributed by atoms with E-state index >= 15 is 0 Å². The summed E-state index contributed by atoms with van der Waals surface area (Å²) in [7, 11) is 3.23. The first-order chi connectivity index (χ1) is 20.2. The van der Waals surface area contributed by atoms with E-state index in [1.54, 1.807) is 31.1 Å². The molecule has 0 saturated carbocycles. The monoisotopic (exact) mass is 582 g/mol. The lowest BCUT2D eigenvalue weighted by atomic mass is 9.94. The Morgan fingerprint density at radius 1 is 1.14 bits per heavy atom. The van der Waals surface area contributed by atoms with Crippen molar-refractivity contribution >= 4 is 17.5 Å². The third kappa shape index (κ3) is 6.04. The molecular weight excluding hydrogens is 549 g/mol. The van der Waals surface area contributed by atoms with Crippen molar-refractivity contribution in [2.75, 3.05) is 38.7 Å². The highest BCUT2D eigenvalue weighted by molar-refractivity contribution is 5.92. The predicted molar refractivity (Wildman–Crippen MR) is 154 cm³/mol. The van der Waals surface area contributed by atoms with Gasteiger partial charge in [0.05, 0.1) is 24.0 Å². The minimum absolute atomic E-state index is 0.155. The van der Waals surface area contributed by atoms with E-state index in [1.807, 2.05) is 30.1 Å². The van der Waals surface area contributed by atoms with Gasteiger partial charge in [0.25, 0.3) is 0 Å². The lowest BCUT2D eigenvalue weighted by molar-refractivity contribution is 0.159. The number of pyridine rings is 1. The quantitative estimate of drug-likeness (QED) is 0.384. The summed E-state index contributed by atoms with van der Waals surface area (Å²) in [5.41, 5.74) is 2.89. The van der Waals surface area contributed by atoms with E-state index in [0.29, 0.717) is 48.9 Å². The van der Waals surface area contributed by atoms with Crippen molar-refractivity contribution in [2.45, 2.75) is 31.7 Å². The molecule has 2 aliphatic rings. The molecule has 1 aliphatic heterocycles. The van der Waals surface area contributed by atoms with Gasteiger partial charge in [-0.1, -0.05) is 12.2 Å². The van der Waals surface area contributed by atoms with E-state index in [1.165, 1.54) is 10.6 Å². The van der Waals surface area contributed by atoms with Crippen LogP contribution in [0.2, 0.25) is 0 Å². The van der Waals surface area contributed by atoms with Gasteiger partial charge >= 0.3 is 6.03 Å². The van der Waals surface area contributed by atoms with Crippen molar-refractivity contribution in [3.8, 4) is 11.3 Å². The Bertz CT molecular complexity index is 1590. The van der Waals surface area contributed by atoms with Gasteiger partial charge in [0, 0.05) is 63.1 Å². The van der Waals surface area contributed by atoms with E-state index < -0.39 is 35.4 Å². The molecule has 2 amide bonds. The number of benzene rings is 1. The van der Waals surface area contributed by atoms with E-state index in [4.69, 9.17) is 9.84 Å². The normalized spacial score (nSPS) is 18.8. The van der Waals surface area contributed by atoms with Crippen molar-refractivity contribution in [1.29, 1.82) is 0 Å². The van der Waals surface area contributed by atoms with Crippen molar-refractivity contribution in [3.05, 3.63) is 87.6 Å². The number of methoxy groups -OCH3 is 1. The molecule has 2 N–H and O–H groups in total. The van der Waals surface area contributed by atoms with Crippen LogP contribution in [0.4, 0.5) is 23.8 Å². The Hall–Kier alpha value is -4.16. The average molecular weight is 583 g/mol. The van der Waals surface area contributed by atoms with Crippen LogP contribution in [0.5, 0.6) is 0 Å². The number of hydrogen-bond donors (Lipinski definition) is 2. The Morgan fingerprint density at radius 3 is 2.57 bits per heavy atom. The van der Waals surface area contributed by atoms with Gasteiger partial charge in [0.1, 0.15) is 5.82 Å². The van der Waals surface area contributed by atoms with Crippen LogP contribution in [-0.2, 0) is 11.8 Å². The summed E-state index contributed by atoms with van der Waals surface area (Å²) in [5.74, 6) is -4.13. The number of nitrogens with one attached hydrogen (secondary N) is 2. The van der Waals surface area contributed by atoms with Crippen molar-refractivity contribution in [2.24, 2.45) is 7.05 Å². The Morgan fingerprint density at radius 2 is 1.90 bits per heavy atom. The highest BCUT2D eigenvalue weighted by atomic mass is 19.2. The maximum absolute atomic E-state index is 14.1. The van der Waals surface area contributed by atoms with Crippen LogP contribution in [0.15, 0.2) is 53.5 Å². The number of ether oxygens (including phenoxy) is 1. The molecule has 9 nitrogen and oxygen atoms in total. The summed E-state index contributed by atoms with van der Waals surface area (Å²) in [6.07, 6.45) is 9.39. The number of hydrogen-bond acceptors (Lipinski definition) is 5. The topological polar surface area (TPSA) is 93.4 Å². The van der Waals surface area contributed by atoms with Gasteiger partial charge in [0.2, 0.25) is 5.56 Å². The molecule has 1 saturated heterocycles. The van der Waals surface area contributed by atoms with Gasteiger partial charge < -0.3 is 14.6 Å². The number of allylic oxidation sites excluding steroid dienone is 4. The number of halogens is 3.